The molecule has 0 atom stereocenters. The third-order valence-electron chi connectivity index (χ3n) is 4.68. The fourth-order valence-corrected chi connectivity index (χ4v) is 4.11. The van der Waals surface area contributed by atoms with Crippen LogP contribution in [0.2, 0.25) is 0 Å². The number of hydrogen-bond donors (Lipinski definition) is 4. The van der Waals surface area contributed by atoms with E-state index in [-0.39, 0.29) is 72.0 Å². The van der Waals surface area contributed by atoms with E-state index in [1.165, 1.54) is 0 Å². The molecule has 0 aliphatic rings. The SMILES string of the molecule is O=P([O-])([O-])C(CCCCCCCCCCCCCCCC(=NO)P(=O)(O)O)=NO.[Na+].[Na+]. The van der Waals surface area contributed by atoms with Crippen LogP contribution in [0.1, 0.15) is 96.3 Å². The second-order valence-corrected chi connectivity index (χ2v) is 10.3. The second kappa shape index (κ2) is 21.8. The van der Waals surface area contributed by atoms with Crippen molar-refractivity contribution in [3.05, 3.63) is 0 Å². The molecule has 10 nitrogen and oxygen atoms in total. The van der Waals surface area contributed by atoms with Crippen molar-refractivity contribution in [1.82, 2.24) is 0 Å². The van der Waals surface area contributed by atoms with Gasteiger partial charge in [0.2, 0.25) is 0 Å². The van der Waals surface area contributed by atoms with Gasteiger partial charge >= 0.3 is 66.7 Å². The summed E-state index contributed by atoms with van der Waals surface area (Å²) in [5.41, 5.74) is -1.11. The Kier molecular flexibility index (Phi) is 25.8. The van der Waals surface area contributed by atoms with Gasteiger partial charge in [-0.1, -0.05) is 80.9 Å². The molecule has 0 aromatic heterocycles. The first-order valence-electron chi connectivity index (χ1n) is 10.1. The molecule has 31 heavy (non-hydrogen) atoms. The molecule has 0 heterocycles. The van der Waals surface area contributed by atoms with Crippen LogP contribution in [0.25, 0.3) is 0 Å². The predicted octanol–water partition coefficient (Wildman–Crippen LogP) is -2.49. The van der Waals surface area contributed by atoms with E-state index in [9.17, 15) is 18.9 Å². The molecular formula is C17H34N2Na2O8P2. The topological polar surface area (TPSA) is 186 Å². The molecular weight excluding hydrogens is 468 g/mol. The molecule has 4 N–H and O–H groups in total. The second-order valence-electron chi connectivity index (χ2n) is 7.17. The maximum absolute atomic E-state index is 11.0. The zero-order chi connectivity index (χ0) is 22.2. The van der Waals surface area contributed by atoms with Crippen molar-refractivity contribution in [3.63, 3.8) is 0 Å². The first kappa shape index (κ1) is 36.8. The Balaban J connectivity index is -0.00000392. The van der Waals surface area contributed by atoms with Gasteiger partial charge in [-0.05, 0) is 26.9 Å². The Morgan fingerprint density at radius 3 is 1.06 bits per heavy atom. The quantitative estimate of drug-likeness (QED) is 0.0396. The average molecular weight is 502 g/mol. The molecule has 0 rings (SSSR count). The average Bonchev–Trinajstić information content (AvgIpc) is 2.62. The minimum absolute atomic E-state index is 0. The number of rotatable bonds is 18. The molecule has 14 heteroatoms. The number of hydrogen-bond acceptors (Lipinski definition) is 8. The fraction of sp³-hybridized carbons (Fsp3) is 0.882. The molecule has 172 valence electrons. The van der Waals surface area contributed by atoms with Crippen LogP contribution < -0.4 is 68.9 Å². The minimum Gasteiger partial charge on any atom is -0.806 e. The van der Waals surface area contributed by atoms with Crippen LogP contribution in [0.5, 0.6) is 0 Å². The largest absolute Gasteiger partial charge is 1.00 e. The molecule has 0 fully saturated rings. The zero-order valence-corrected chi connectivity index (χ0v) is 24.6. The summed E-state index contributed by atoms with van der Waals surface area (Å²) >= 11 is 0. The number of oxime groups is 2. The molecule has 0 aliphatic heterocycles. The van der Waals surface area contributed by atoms with Gasteiger partial charge in [0.05, 0.1) is 5.45 Å². The Morgan fingerprint density at radius 2 is 0.839 bits per heavy atom. The van der Waals surface area contributed by atoms with E-state index in [0.29, 0.717) is 12.8 Å². The van der Waals surface area contributed by atoms with Gasteiger partial charge in [-0.2, -0.15) is 0 Å². The number of nitrogens with zero attached hydrogens (tertiary/aromatic N) is 2. The first-order valence-corrected chi connectivity index (χ1v) is 13.3. The molecule has 0 bridgehead atoms. The molecule has 0 spiro atoms. The normalized spacial score (nSPS) is 12.9. The minimum atomic E-state index is -4.92. The van der Waals surface area contributed by atoms with Crippen molar-refractivity contribution in [2.75, 3.05) is 0 Å². The molecule has 0 aliphatic carbocycles. The van der Waals surface area contributed by atoms with E-state index in [0.717, 1.165) is 70.6 Å². The van der Waals surface area contributed by atoms with Gasteiger partial charge < -0.3 is 34.6 Å². The summed E-state index contributed by atoms with van der Waals surface area (Å²) in [5.74, 6) is 0. The van der Waals surface area contributed by atoms with Gasteiger partial charge in [-0.3, -0.25) is 4.57 Å². The van der Waals surface area contributed by atoms with E-state index in [2.05, 4.69) is 10.3 Å². The molecule has 0 radical (unpaired) electrons. The molecule has 0 aromatic rings. The van der Waals surface area contributed by atoms with E-state index in [4.69, 9.17) is 20.2 Å². The standard InChI is InChI=1S/C17H36N2O8P2.2Na/c20-18-16(28(22,23)24)14-12-10-8-6-4-2-1-3-5-7-9-11-13-15-17(19-21)29(25,26)27;;/h20-21H,1-15H2,(H2,22,23,24)(H2,25,26,27);;/q;2*+1/p-2. The third kappa shape index (κ3) is 21.5. The molecule has 0 saturated heterocycles. The Bertz CT molecular complexity index is 547. The van der Waals surface area contributed by atoms with Crippen molar-refractivity contribution in [2.45, 2.75) is 96.3 Å². The smallest absolute Gasteiger partial charge is 0.806 e. The van der Waals surface area contributed by atoms with Gasteiger partial charge in [-0.15, -0.1) is 0 Å². The predicted molar refractivity (Wildman–Crippen MR) is 107 cm³/mol. The molecule has 0 amide bonds. The molecule has 0 saturated carbocycles. The van der Waals surface area contributed by atoms with Crippen molar-refractivity contribution in [1.29, 1.82) is 0 Å². The molecule has 0 aromatic carbocycles. The maximum Gasteiger partial charge on any atom is 1.00 e. The van der Waals surface area contributed by atoms with Crippen LogP contribution in [-0.4, -0.2) is 31.1 Å². The summed E-state index contributed by atoms with van der Waals surface area (Å²) in [6.07, 6.45) is 12.6. The summed E-state index contributed by atoms with van der Waals surface area (Å²) in [6.45, 7) is 0. The van der Waals surface area contributed by atoms with E-state index >= 15 is 0 Å². The Hall–Kier alpha value is 1.24. The first-order chi connectivity index (χ1) is 13.6. The van der Waals surface area contributed by atoms with E-state index < -0.39 is 26.1 Å². The van der Waals surface area contributed by atoms with Crippen LogP contribution in [0.15, 0.2) is 10.3 Å². The fourth-order valence-electron chi connectivity index (χ4n) is 3.01. The van der Waals surface area contributed by atoms with Crippen molar-refractivity contribution < 1.29 is 98.2 Å². The molecule has 0 unspecified atom stereocenters. The van der Waals surface area contributed by atoms with Crippen molar-refractivity contribution >= 4 is 26.1 Å². The Morgan fingerprint density at radius 1 is 0.581 bits per heavy atom. The van der Waals surface area contributed by atoms with E-state index in [1.807, 2.05) is 0 Å². The summed E-state index contributed by atoms with van der Waals surface area (Å²) < 4.78 is 21.7. The summed E-state index contributed by atoms with van der Waals surface area (Å²) in [6, 6.07) is 0. The maximum atomic E-state index is 11.0. The van der Waals surface area contributed by atoms with Gasteiger partial charge in [0.25, 0.3) is 0 Å². The van der Waals surface area contributed by atoms with Gasteiger partial charge in [0.1, 0.15) is 0 Å². The van der Waals surface area contributed by atoms with Crippen LogP contribution >= 0.6 is 15.2 Å². The summed E-state index contributed by atoms with van der Waals surface area (Å²) in [7, 11) is -9.35. The van der Waals surface area contributed by atoms with Gasteiger partial charge in [0, 0.05) is 6.42 Å². The van der Waals surface area contributed by atoms with Crippen LogP contribution in [0, 0.1) is 0 Å². The van der Waals surface area contributed by atoms with Crippen LogP contribution in [0.4, 0.5) is 0 Å². The van der Waals surface area contributed by atoms with Gasteiger partial charge in [0.15, 0.2) is 5.45 Å². The summed E-state index contributed by atoms with van der Waals surface area (Å²) in [5, 5.41) is 22.3. The van der Waals surface area contributed by atoms with Crippen molar-refractivity contribution in [2.24, 2.45) is 10.3 Å². The Labute approximate surface area is 229 Å². The zero-order valence-electron chi connectivity index (χ0n) is 18.8. The summed E-state index contributed by atoms with van der Waals surface area (Å²) in [4.78, 5) is 39.3. The van der Waals surface area contributed by atoms with E-state index in [1.54, 1.807) is 0 Å². The van der Waals surface area contributed by atoms with Crippen LogP contribution in [-0.2, 0) is 9.13 Å². The van der Waals surface area contributed by atoms with Crippen molar-refractivity contribution in [3.8, 4) is 0 Å². The number of unbranched alkanes of at least 4 members (excludes halogenated alkanes) is 12. The third-order valence-corrected chi connectivity index (χ3v) is 6.61. The monoisotopic (exact) mass is 502 g/mol. The van der Waals surface area contributed by atoms with Gasteiger partial charge in [-0.25, -0.2) is 0 Å². The van der Waals surface area contributed by atoms with Crippen LogP contribution in [0.3, 0.4) is 0 Å².